The SMILES string of the molecule is CCCCCCCCCCCCCC(=O)OCC(COC(=O)CCCCCCCCC)OC(=O)CCCCCCCCC. The van der Waals surface area contributed by atoms with Crippen LogP contribution in [0.25, 0.3) is 0 Å². The van der Waals surface area contributed by atoms with Crippen LogP contribution >= 0.6 is 0 Å². The van der Waals surface area contributed by atoms with E-state index in [0.717, 1.165) is 57.8 Å². The van der Waals surface area contributed by atoms with Crippen molar-refractivity contribution < 1.29 is 28.6 Å². The van der Waals surface area contributed by atoms with Gasteiger partial charge in [-0.2, -0.15) is 0 Å². The van der Waals surface area contributed by atoms with Gasteiger partial charge in [0.25, 0.3) is 0 Å². The summed E-state index contributed by atoms with van der Waals surface area (Å²) in [5.41, 5.74) is 0. The second-order valence-electron chi connectivity index (χ2n) is 12.5. The molecule has 1 unspecified atom stereocenters. The zero-order chi connectivity index (χ0) is 31.6. The minimum absolute atomic E-state index is 0.0651. The Balaban J connectivity index is 4.30. The predicted octanol–water partition coefficient (Wildman–Crippen LogP) is 11.0. The van der Waals surface area contributed by atoms with Gasteiger partial charge < -0.3 is 14.2 Å². The molecule has 0 spiro atoms. The van der Waals surface area contributed by atoms with E-state index in [-0.39, 0.29) is 31.1 Å². The fraction of sp³-hybridized carbons (Fsp3) is 0.919. The third-order valence-corrected chi connectivity index (χ3v) is 8.11. The Morgan fingerprint density at radius 3 is 0.930 bits per heavy atom. The average molecular weight is 611 g/mol. The summed E-state index contributed by atoms with van der Waals surface area (Å²) in [7, 11) is 0. The maximum absolute atomic E-state index is 12.5. The Bertz CT molecular complexity index is 635. The van der Waals surface area contributed by atoms with E-state index in [0.29, 0.717) is 19.3 Å². The Morgan fingerprint density at radius 2 is 0.628 bits per heavy atom. The molecular formula is C37H70O6. The lowest BCUT2D eigenvalue weighted by Crippen LogP contribution is -2.30. The van der Waals surface area contributed by atoms with Gasteiger partial charge in [-0.25, -0.2) is 0 Å². The topological polar surface area (TPSA) is 78.9 Å². The summed E-state index contributed by atoms with van der Waals surface area (Å²) in [5.74, 6) is -0.879. The second kappa shape index (κ2) is 33.3. The molecule has 0 aliphatic rings. The van der Waals surface area contributed by atoms with Gasteiger partial charge in [0.2, 0.25) is 0 Å². The zero-order valence-electron chi connectivity index (χ0n) is 28.7. The van der Waals surface area contributed by atoms with Crippen LogP contribution in [0.2, 0.25) is 0 Å². The quantitative estimate of drug-likeness (QED) is 0.0418. The lowest BCUT2D eigenvalue weighted by molar-refractivity contribution is -0.167. The first kappa shape index (κ1) is 41.4. The van der Waals surface area contributed by atoms with E-state index in [9.17, 15) is 14.4 Å². The highest BCUT2D eigenvalue weighted by atomic mass is 16.6. The number of carbonyl (C=O) groups excluding carboxylic acids is 3. The third-order valence-electron chi connectivity index (χ3n) is 8.11. The normalized spacial score (nSPS) is 11.8. The van der Waals surface area contributed by atoms with Gasteiger partial charge in [0.15, 0.2) is 6.10 Å². The van der Waals surface area contributed by atoms with Crippen LogP contribution in [-0.2, 0) is 28.6 Å². The molecule has 43 heavy (non-hydrogen) atoms. The first-order chi connectivity index (χ1) is 21.0. The van der Waals surface area contributed by atoms with E-state index in [1.165, 1.54) is 103 Å². The number of hydrogen-bond acceptors (Lipinski definition) is 6. The zero-order valence-corrected chi connectivity index (χ0v) is 28.7. The minimum atomic E-state index is -0.753. The van der Waals surface area contributed by atoms with Crippen LogP contribution in [0.1, 0.15) is 201 Å². The maximum atomic E-state index is 12.5. The molecule has 254 valence electrons. The first-order valence-electron chi connectivity index (χ1n) is 18.5. The van der Waals surface area contributed by atoms with E-state index in [1.807, 2.05) is 0 Å². The van der Waals surface area contributed by atoms with E-state index in [4.69, 9.17) is 14.2 Å². The van der Waals surface area contributed by atoms with Gasteiger partial charge >= 0.3 is 17.9 Å². The van der Waals surface area contributed by atoms with Crippen molar-refractivity contribution in [2.45, 2.75) is 207 Å². The molecule has 1 atom stereocenters. The predicted molar refractivity (Wildman–Crippen MR) is 178 cm³/mol. The smallest absolute Gasteiger partial charge is 0.306 e. The largest absolute Gasteiger partial charge is 0.462 e. The van der Waals surface area contributed by atoms with Crippen molar-refractivity contribution in [1.29, 1.82) is 0 Å². The Hall–Kier alpha value is -1.59. The molecule has 0 aromatic heterocycles. The fourth-order valence-corrected chi connectivity index (χ4v) is 5.26. The molecule has 0 heterocycles. The van der Waals surface area contributed by atoms with Gasteiger partial charge in [-0.15, -0.1) is 0 Å². The monoisotopic (exact) mass is 611 g/mol. The first-order valence-corrected chi connectivity index (χ1v) is 18.5. The van der Waals surface area contributed by atoms with Crippen molar-refractivity contribution in [3.63, 3.8) is 0 Å². The summed E-state index contributed by atoms with van der Waals surface area (Å²) < 4.78 is 16.5. The number of hydrogen-bond donors (Lipinski definition) is 0. The molecule has 0 saturated heterocycles. The molecule has 0 rings (SSSR count). The van der Waals surface area contributed by atoms with Crippen LogP contribution in [0.3, 0.4) is 0 Å². The highest BCUT2D eigenvalue weighted by molar-refractivity contribution is 5.71. The van der Waals surface area contributed by atoms with E-state index < -0.39 is 6.10 Å². The number of rotatable bonds is 33. The van der Waals surface area contributed by atoms with Crippen molar-refractivity contribution in [2.75, 3.05) is 13.2 Å². The summed E-state index contributed by atoms with van der Waals surface area (Å²) in [6, 6.07) is 0. The molecular weight excluding hydrogens is 540 g/mol. The number of unbranched alkanes of at least 4 members (excludes halogenated alkanes) is 22. The summed E-state index contributed by atoms with van der Waals surface area (Å²) >= 11 is 0. The van der Waals surface area contributed by atoms with Crippen LogP contribution in [0.4, 0.5) is 0 Å². The molecule has 0 bridgehead atoms. The molecule has 6 heteroatoms. The number of ether oxygens (including phenoxy) is 3. The molecule has 0 amide bonds. The van der Waals surface area contributed by atoms with Crippen LogP contribution in [0.15, 0.2) is 0 Å². The Kier molecular flexibility index (Phi) is 32.1. The van der Waals surface area contributed by atoms with Crippen molar-refractivity contribution in [3.8, 4) is 0 Å². The summed E-state index contributed by atoms with van der Waals surface area (Å²) in [6.07, 6.45) is 29.6. The summed E-state index contributed by atoms with van der Waals surface area (Å²) in [6.45, 7) is 6.53. The molecule has 0 aromatic rings. The summed E-state index contributed by atoms with van der Waals surface area (Å²) in [4.78, 5) is 37.1. The number of carbonyl (C=O) groups is 3. The highest BCUT2D eigenvalue weighted by Crippen LogP contribution is 2.14. The molecule has 0 saturated carbocycles. The Morgan fingerprint density at radius 1 is 0.372 bits per heavy atom. The summed E-state index contributed by atoms with van der Waals surface area (Å²) in [5, 5.41) is 0. The lowest BCUT2D eigenvalue weighted by Gasteiger charge is -2.18. The molecule has 0 aliphatic carbocycles. The van der Waals surface area contributed by atoms with E-state index in [1.54, 1.807) is 0 Å². The van der Waals surface area contributed by atoms with Gasteiger partial charge in [0.1, 0.15) is 13.2 Å². The van der Waals surface area contributed by atoms with E-state index >= 15 is 0 Å². The number of esters is 3. The third kappa shape index (κ3) is 31.6. The average Bonchev–Trinajstić information content (AvgIpc) is 3.00. The van der Waals surface area contributed by atoms with Gasteiger partial charge in [0, 0.05) is 19.3 Å². The molecule has 6 nitrogen and oxygen atoms in total. The fourth-order valence-electron chi connectivity index (χ4n) is 5.26. The van der Waals surface area contributed by atoms with Crippen molar-refractivity contribution in [2.24, 2.45) is 0 Å². The van der Waals surface area contributed by atoms with Crippen molar-refractivity contribution >= 4 is 17.9 Å². The lowest BCUT2D eigenvalue weighted by atomic mass is 10.1. The highest BCUT2D eigenvalue weighted by Gasteiger charge is 2.19. The molecule has 0 N–H and O–H groups in total. The van der Waals surface area contributed by atoms with Crippen LogP contribution in [0, 0.1) is 0 Å². The van der Waals surface area contributed by atoms with E-state index in [2.05, 4.69) is 20.8 Å². The molecule has 0 aliphatic heterocycles. The second-order valence-corrected chi connectivity index (χ2v) is 12.5. The molecule has 0 radical (unpaired) electrons. The standard InChI is InChI=1S/C37H70O6/c1-4-7-10-13-16-17-18-19-22-24-27-30-36(39)42-33-34(43-37(40)31-28-25-21-15-12-9-6-3)32-41-35(38)29-26-23-20-14-11-8-5-2/h34H,4-33H2,1-3H3. The van der Waals surface area contributed by atoms with Crippen LogP contribution < -0.4 is 0 Å². The van der Waals surface area contributed by atoms with Gasteiger partial charge in [-0.1, -0.05) is 162 Å². The Labute approximate surface area is 266 Å². The van der Waals surface area contributed by atoms with Crippen LogP contribution in [0.5, 0.6) is 0 Å². The molecule has 0 aromatic carbocycles. The maximum Gasteiger partial charge on any atom is 0.306 e. The van der Waals surface area contributed by atoms with Crippen molar-refractivity contribution in [1.82, 2.24) is 0 Å². The van der Waals surface area contributed by atoms with Crippen molar-refractivity contribution in [3.05, 3.63) is 0 Å². The van der Waals surface area contributed by atoms with Gasteiger partial charge in [-0.05, 0) is 19.3 Å². The minimum Gasteiger partial charge on any atom is -0.462 e. The van der Waals surface area contributed by atoms with Gasteiger partial charge in [-0.3, -0.25) is 14.4 Å². The van der Waals surface area contributed by atoms with Gasteiger partial charge in [0.05, 0.1) is 0 Å². The molecule has 0 fully saturated rings. The van der Waals surface area contributed by atoms with Crippen LogP contribution in [-0.4, -0.2) is 37.2 Å².